The predicted octanol–water partition coefficient (Wildman–Crippen LogP) is 3.16. The minimum atomic E-state index is -4.37. The maximum Gasteiger partial charge on any atom is 0.416 e. The van der Waals surface area contributed by atoms with Crippen LogP contribution < -0.4 is 20.1 Å². The molecule has 2 aromatic carbocycles. The van der Waals surface area contributed by atoms with Crippen LogP contribution in [0.4, 0.5) is 18.9 Å². The summed E-state index contributed by atoms with van der Waals surface area (Å²) in [4.78, 5) is 11.8. The highest BCUT2D eigenvalue weighted by Crippen LogP contribution is 2.32. The van der Waals surface area contributed by atoms with Crippen LogP contribution in [0.25, 0.3) is 0 Å². The van der Waals surface area contributed by atoms with E-state index in [2.05, 4.69) is 10.6 Å². The predicted molar refractivity (Wildman–Crippen MR) is 84.3 cm³/mol. The lowest BCUT2D eigenvalue weighted by Crippen LogP contribution is -2.29. The second kappa shape index (κ2) is 6.92. The Hall–Kier alpha value is -2.90. The molecule has 1 aliphatic heterocycles. The van der Waals surface area contributed by atoms with Gasteiger partial charge in [0.25, 0.3) is 0 Å². The van der Waals surface area contributed by atoms with E-state index >= 15 is 0 Å². The molecule has 3 rings (SSSR count). The van der Waals surface area contributed by atoms with Crippen molar-refractivity contribution in [3.8, 4) is 11.5 Å². The number of hydrogen-bond acceptors (Lipinski definition) is 4. The highest BCUT2D eigenvalue weighted by molar-refractivity contribution is 5.80. The SMILES string of the molecule is O=C(CNc1ccc(C(F)(F)F)cc1)NCc1ccc2c(c1)OCO2. The Morgan fingerprint density at radius 2 is 1.76 bits per heavy atom. The number of alkyl halides is 3. The van der Waals surface area contributed by atoms with Crippen molar-refractivity contribution < 1.29 is 27.4 Å². The number of fused-ring (bicyclic) bond motifs is 1. The van der Waals surface area contributed by atoms with Gasteiger partial charge in [-0.05, 0) is 42.0 Å². The number of carbonyl (C=O) groups is 1. The van der Waals surface area contributed by atoms with Crippen LogP contribution >= 0.6 is 0 Å². The summed E-state index contributed by atoms with van der Waals surface area (Å²) < 4.78 is 47.9. The van der Waals surface area contributed by atoms with Crippen molar-refractivity contribution in [2.24, 2.45) is 0 Å². The van der Waals surface area contributed by atoms with Crippen molar-refractivity contribution in [2.75, 3.05) is 18.7 Å². The summed E-state index contributed by atoms with van der Waals surface area (Å²) in [6.07, 6.45) is -4.37. The lowest BCUT2D eigenvalue weighted by Gasteiger charge is -2.10. The summed E-state index contributed by atoms with van der Waals surface area (Å²) in [7, 11) is 0. The summed E-state index contributed by atoms with van der Waals surface area (Å²) in [5, 5.41) is 5.50. The number of hydrogen-bond donors (Lipinski definition) is 2. The third-order valence-electron chi connectivity index (χ3n) is 3.59. The first kappa shape index (κ1) is 16.9. The van der Waals surface area contributed by atoms with E-state index in [4.69, 9.17) is 9.47 Å². The number of amides is 1. The molecule has 0 fully saturated rings. The molecule has 0 aliphatic carbocycles. The van der Waals surface area contributed by atoms with Gasteiger partial charge in [-0.1, -0.05) is 6.07 Å². The first-order chi connectivity index (χ1) is 11.9. The van der Waals surface area contributed by atoms with Gasteiger partial charge in [-0.3, -0.25) is 4.79 Å². The number of anilines is 1. The Labute approximate surface area is 141 Å². The Kier molecular flexibility index (Phi) is 4.69. The monoisotopic (exact) mass is 352 g/mol. The minimum Gasteiger partial charge on any atom is -0.454 e. The van der Waals surface area contributed by atoms with Crippen LogP contribution in [-0.2, 0) is 17.5 Å². The Morgan fingerprint density at radius 3 is 2.48 bits per heavy atom. The smallest absolute Gasteiger partial charge is 0.416 e. The number of halogens is 3. The van der Waals surface area contributed by atoms with E-state index in [0.717, 1.165) is 17.7 Å². The van der Waals surface area contributed by atoms with E-state index in [1.165, 1.54) is 12.1 Å². The van der Waals surface area contributed by atoms with Gasteiger partial charge >= 0.3 is 6.18 Å². The van der Waals surface area contributed by atoms with Crippen molar-refractivity contribution in [2.45, 2.75) is 12.7 Å². The fourth-order valence-corrected chi connectivity index (χ4v) is 2.27. The summed E-state index contributed by atoms with van der Waals surface area (Å²) in [5.41, 5.74) is 0.559. The quantitative estimate of drug-likeness (QED) is 0.868. The number of ether oxygens (including phenoxy) is 2. The highest BCUT2D eigenvalue weighted by atomic mass is 19.4. The Balaban J connectivity index is 1.46. The van der Waals surface area contributed by atoms with Gasteiger partial charge in [-0.2, -0.15) is 13.2 Å². The fraction of sp³-hybridized carbons (Fsp3) is 0.235. The molecular weight excluding hydrogens is 337 g/mol. The zero-order valence-corrected chi connectivity index (χ0v) is 13.0. The van der Waals surface area contributed by atoms with Gasteiger partial charge in [0.1, 0.15) is 0 Å². The molecule has 8 heteroatoms. The molecule has 0 aromatic heterocycles. The van der Waals surface area contributed by atoms with Crippen molar-refractivity contribution in [3.63, 3.8) is 0 Å². The Morgan fingerprint density at radius 1 is 1.04 bits per heavy atom. The van der Waals surface area contributed by atoms with Gasteiger partial charge < -0.3 is 20.1 Å². The molecule has 0 bridgehead atoms. The Bertz CT molecular complexity index is 761. The van der Waals surface area contributed by atoms with E-state index in [1.54, 1.807) is 12.1 Å². The summed E-state index contributed by atoms with van der Waals surface area (Å²) in [5.74, 6) is 1.02. The highest BCUT2D eigenvalue weighted by Gasteiger charge is 2.29. The van der Waals surface area contributed by atoms with Gasteiger partial charge in [0.15, 0.2) is 11.5 Å². The molecule has 0 spiro atoms. The molecule has 0 atom stereocenters. The topological polar surface area (TPSA) is 59.6 Å². The third kappa shape index (κ3) is 4.34. The molecule has 2 N–H and O–H groups in total. The summed E-state index contributed by atoms with van der Waals surface area (Å²) >= 11 is 0. The molecule has 1 aliphatic rings. The van der Waals surface area contributed by atoms with Gasteiger partial charge in [0, 0.05) is 12.2 Å². The van der Waals surface area contributed by atoms with Gasteiger partial charge in [-0.25, -0.2) is 0 Å². The molecular formula is C17H15F3N2O3. The van der Waals surface area contributed by atoms with E-state index in [9.17, 15) is 18.0 Å². The average molecular weight is 352 g/mol. The van der Waals surface area contributed by atoms with Gasteiger partial charge in [0.05, 0.1) is 12.1 Å². The molecule has 25 heavy (non-hydrogen) atoms. The number of carbonyl (C=O) groups excluding carboxylic acids is 1. The zero-order chi connectivity index (χ0) is 17.9. The van der Waals surface area contributed by atoms with E-state index in [0.29, 0.717) is 23.7 Å². The van der Waals surface area contributed by atoms with Crippen molar-refractivity contribution in [1.82, 2.24) is 5.32 Å². The maximum atomic E-state index is 12.5. The van der Waals surface area contributed by atoms with Crippen LogP contribution in [-0.4, -0.2) is 19.2 Å². The van der Waals surface area contributed by atoms with Crippen LogP contribution in [0.3, 0.4) is 0 Å². The van der Waals surface area contributed by atoms with Crippen molar-refractivity contribution >= 4 is 11.6 Å². The first-order valence-electron chi connectivity index (χ1n) is 7.48. The number of benzene rings is 2. The van der Waals surface area contributed by atoms with Gasteiger partial charge in [-0.15, -0.1) is 0 Å². The number of nitrogens with one attached hydrogen (secondary N) is 2. The molecule has 0 saturated heterocycles. The summed E-state index contributed by atoms with van der Waals surface area (Å²) in [6, 6.07) is 9.87. The van der Waals surface area contributed by atoms with Crippen molar-refractivity contribution in [3.05, 3.63) is 53.6 Å². The lowest BCUT2D eigenvalue weighted by atomic mass is 10.2. The van der Waals surface area contributed by atoms with Crippen LogP contribution in [0.15, 0.2) is 42.5 Å². The van der Waals surface area contributed by atoms with Crippen LogP contribution in [0.2, 0.25) is 0 Å². The average Bonchev–Trinajstić information content (AvgIpc) is 3.05. The van der Waals surface area contributed by atoms with E-state index in [1.807, 2.05) is 6.07 Å². The van der Waals surface area contributed by atoms with Crippen LogP contribution in [0.5, 0.6) is 11.5 Å². The molecule has 1 heterocycles. The molecule has 0 unspecified atom stereocenters. The van der Waals surface area contributed by atoms with Crippen LogP contribution in [0.1, 0.15) is 11.1 Å². The fourth-order valence-electron chi connectivity index (χ4n) is 2.27. The van der Waals surface area contributed by atoms with Crippen molar-refractivity contribution in [1.29, 1.82) is 0 Å². The molecule has 0 saturated carbocycles. The number of rotatable bonds is 5. The second-order valence-electron chi connectivity index (χ2n) is 5.39. The third-order valence-corrected chi connectivity index (χ3v) is 3.59. The molecule has 1 amide bonds. The minimum absolute atomic E-state index is 0.0457. The molecule has 2 aromatic rings. The van der Waals surface area contributed by atoms with E-state index in [-0.39, 0.29) is 19.2 Å². The maximum absolute atomic E-state index is 12.5. The zero-order valence-electron chi connectivity index (χ0n) is 13.0. The van der Waals surface area contributed by atoms with E-state index < -0.39 is 11.7 Å². The summed E-state index contributed by atoms with van der Waals surface area (Å²) in [6.45, 7) is 0.447. The molecule has 5 nitrogen and oxygen atoms in total. The lowest BCUT2D eigenvalue weighted by molar-refractivity contribution is -0.137. The first-order valence-corrected chi connectivity index (χ1v) is 7.48. The van der Waals surface area contributed by atoms with Crippen LogP contribution in [0, 0.1) is 0 Å². The molecule has 132 valence electrons. The second-order valence-corrected chi connectivity index (χ2v) is 5.39. The largest absolute Gasteiger partial charge is 0.454 e. The molecule has 0 radical (unpaired) electrons. The van der Waals surface area contributed by atoms with Gasteiger partial charge in [0.2, 0.25) is 12.7 Å². The standard InChI is InChI=1S/C17H15F3N2O3/c18-17(19,20)12-2-4-13(5-3-12)21-9-16(23)22-8-11-1-6-14-15(7-11)25-10-24-14/h1-7,21H,8-10H2,(H,22,23). The normalized spacial score (nSPS) is 12.8.